The molecule has 1 amide bonds. The van der Waals surface area contributed by atoms with Gasteiger partial charge in [-0.05, 0) is 36.6 Å². The van der Waals surface area contributed by atoms with Gasteiger partial charge in [0.25, 0.3) is 11.5 Å². The van der Waals surface area contributed by atoms with E-state index in [0.717, 1.165) is 5.56 Å². The molecular formula is C19H16Cl2N2O3. The van der Waals surface area contributed by atoms with E-state index < -0.39 is 17.2 Å². The number of carbonyl (C=O) groups is 1. The number of amides is 1. The van der Waals surface area contributed by atoms with Crippen molar-refractivity contribution in [3.05, 3.63) is 74.0 Å². The van der Waals surface area contributed by atoms with Gasteiger partial charge < -0.3 is 15.4 Å². The number of halogens is 2. The first-order valence-electron chi connectivity index (χ1n) is 8.03. The fourth-order valence-electron chi connectivity index (χ4n) is 2.74. The Morgan fingerprint density at radius 1 is 1.12 bits per heavy atom. The van der Waals surface area contributed by atoms with E-state index in [4.69, 9.17) is 23.2 Å². The van der Waals surface area contributed by atoms with Crippen LogP contribution in [0.1, 0.15) is 22.3 Å². The van der Waals surface area contributed by atoms with Crippen LogP contribution in [-0.4, -0.2) is 22.5 Å². The van der Waals surface area contributed by atoms with Crippen LogP contribution in [-0.2, 0) is 6.42 Å². The molecule has 3 rings (SSSR count). The Morgan fingerprint density at radius 2 is 1.88 bits per heavy atom. The molecule has 0 spiro atoms. The molecule has 3 aromatic rings. The van der Waals surface area contributed by atoms with Crippen molar-refractivity contribution in [2.24, 2.45) is 0 Å². The number of hydrogen-bond donors (Lipinski definition) is 3. The van der Waals surface area contributed by atoms with Crippen LogP contribution in [0.4, 0.5) is 0 Å². The highest BCUT2D eigenvalue weighted by atomic mass is 35.5. The predicted octanol–water partition coefficient (Wildman–Crippen LogP) is 3.90. The summed E-state index contributed by atoms with van der Waals surface area (Å²) in [4.78, 5) is 26.8. The van der Waals surface area contributed by atoms with Crippen LogP contribution in [0.25, 0.3) is 10.9 Å². The van der Waals surface area contributed by atoms with Gasteiger partial charge in [0.15, 0.2) is 5.75 Å². The smallest absolute Gasteiger partial charge is 0.291 e. The zero-order valence-corrected chi connectivity index (χ0v) is 15.2. The van der Waals surface area contributed by atoms with Gasteiger partial charge in [-0.3, -0.25) is 9.59 Å². The van der Waals surface area contributed by atoms with Crippen molar-refractivity contribution in [1.82, 2.24) is 10.3 Å². The van der Waals surface area contributed by atoms with Crippen LogP contribution in [0.5, 0.6) is 5.75 Å². The molecule has 0 atom stereocenters. The fraction of sp³-hybridized carbons (Fsp3) is 0.158. The van der Waals surface area contributed by atoms with Gasteiger partial charge in [-0.25, -0.2) is 0 Å². The third kappa shape index (κ3) is 3.84. The standard InChI is InChI=1S/C19H16Cl2N2O3/c20-13-8-7-11(10-14(13)21)4-3-9-22-18(25)16-12-5-1-2-6-15(12)23-19(26)17(16)24/h1-2,5-8,10,24H,3-4,9H2,(H,22,25)(H,23,26). The highest BCUT2D eigenvalue weighted by Crippen LogP contribution is 2.23. The number of pyridine rings is 1. The number of nitrogens with one attached hydrogen (secondary N) is 2. The summed E-state index contributed by atoms with van der Waals surface area (Å²) < 4.78 is 0. The van der Waals surface area contributed by atoms with Crippen LogP contribution >= 0.6 is 23.2 Å². The van der Waals surface area contributed by atoms with Crippen LogP contribution < -0.4 is 10.9 Å². The molecule has 134 valence electrons. The number of para-hydroxylation sites is 1. The first-order valence-corrected chi connectivity index (χ1v) is 8.79. The zero-order chi connectivity index (χ0) is 18.7. The Bertz CT molecular complexity index is 1030. The molecule has 5 nitrogen and oxygen atoms in total. The molecule has 0 saturated carbocycles. The molecule has 7 heteroatoms. The third-order valence-corrected chi connectivity index (χ3v) is 4.77. The van der Waals surface area contributed by atoms with Crippen molar-refractivity contribution < 1.29 is 9.90 Å². The summed E-state index contributed by atoms with van der Waals surface area (Å²) in [6.07, 6.45) is 1.38. The fourth-order valence-corrected chi connectivity index (χ4v) is 3.06. The van der Waals surface area contributed by atoms with Crippen molar-refractivity contribution >= 4 is 40.0 Å². The van der Waals surface area contributed by atoms with E-state index in [0.29, 0.717) is 40.3 Å². The zero-order valence-electron chi connectivity index (χ0n) is 13.7. The van der Waals surface area contributed by atoms with E-state index >= 15 is 0 Å². The monoisotopic (exact) mass is 390 g/mol. The first-order chi connectivity index (χ1) is 12.5. The van der Waals surface area contributed by atoms with Crippen LogP contribution in [0.2, 0.25) is 10.0 Å². The molecule has 26 heavy (non-hydrogen) atoms. The number of benzene rings is 2. The van der Waals surface area contributed by atoms with Gasteiger partial charge in [-0.1, -0.05) is 47.5 Å². The highest BCUT2D eigenvalue weighted by molar-refractivity contribution is 6.42. The van der Waals surface area contributed by atoms with E-state index in [2.05, 4.69) is 10.3 Å². The topological polar surface area (TPSA) is 82.2 Å². The number of H-pyrrole nitrogens is 1. The SMILES string of the molecule is O=C(NCCCc1ccc(Cl)c(Cl)c1)c1c(O)c(=O)[nH]c2ccccc12. The molecule has 0 aliphatic rings. The van der Waals surface area contributed by atoms with Gasteiger partial charge in [-0.2, -0.15) is 0 Å². The molecule has 0 bridgehead atoms. The van der Waals surface area contributed by atoms with E-state index in [1.165, 1.54) is 0 Å². The second-order valence-corrected chi connectivity index (χ2v) is 6.65. The third-order valence-electron chi connectivity index (χ3n) is 4.04. The molecule has 0 saturated heterocycles. The van der Waals surface area contributed by atoms with Crippen molar-refractivity contribution in [2.45, 2.75) is 12.8 Å². The Morgan fingerprint density at radius 3 is 2.65 bits per heavy atom. The number of fused-ring (bicyclic) bond motifs is 1. The number of aromatic hydroxyl groups is 1. The van der Waals surface area contributed by atoms with E-state index in [9.17, 15) is 14.7 Å². The minimum atomic E-state index is -0.690. The van der Waals surface area contributed by atoms with Crippen LogP contribution in [0.15, 0.2) is 47.3 Å². The average molecular weight is 391 g/mol. The van der Waals surface area contributed by atoms with Crippen molar-refractivity contribution in [3.63, 3.8) is 0 Å². The summed E-state index contributed by atoms with van der Waals surface area (Å²) >= 11 is 11.9. The molecule has 0 aliphatic carbocycles. The lowest BCUT2D eigenvalue weighted by Crippen LogP contribution is -2.26. The molecule has 2 aromatic carbocycles. The maximum absolute atomic E-state index is 12.5. The predicted molar refractivity (Wildman–Crippen MR) is 103 cm³/mol. The van der Waals surface area contributed by atoms with E-state index in [1.807, 2.05) is 6.07 Å². The lowest BCUT2D eigenvalue weighted by Gasteiger charge is -2.10. The number of aromatic nitrogens is 1. The Labute approximate surface area is 159 Å². The molecule has 0 fully saturated rings. The second-order valence-electron chi connectivity index (χ2n) is 5.83. The van der Waals surface area contributed by atoms with Gasteiger partial charge in [0.2, 0.25) is 0 Å². The molecule has 0 radical (unpaired) electrons. The summed E-state index contributed by atoms with van der Waals surface area (Å²) in [5, 5.41) is 14.3. The Hall–Kier alpha value is -2.50. The molecule has 3 N–H and O–H groups in total. The number of aromatic amines is 1. The average Bonchev–Trinajstić information content (AvgIpc) is 2.62. The first kappa shape index (κ1) is 18.3. The Balaban J connectivity index is 1.69. The number of rotatable bonds is 5. The van der Waals surface area contributed by atoms with Crippen molar-refractivity contribution in [3.8, 4) is 5.75 Å². The highest BCUT2D eigenvalue weighted by Gasteiger charge is 2.18. The van der Waals surface area contributed by atoms with E-state index in [-0.39, 0.29) is 5.56 Å². The normalized spacial score (nSPS) is 10.8. The molecule has 0 unspecified atom stereocenters. The van der Waals surface area contributed by atoms with Gasteiger partial charge in [0, 0.05) is 17.4 Å². The lowest BCUT2D eigenvalue weighted by molar-refractivity contribution is 0.0952. The van der Waals surface area contributed by atoms with Gasteiger partial charge in [-0.15, -0.1) is 0 Å². The summed E-state index contributed by atoms with van der Waals surface area (Å²) in [7, 11) is 0. The Kier molecular flexibility index (Phi) is 5.49. The quantitative estimate of drug-likeness (QED) is 0.577. The number of aryl methyl sites for hydroxylation is 1. The summed E-state index contributed by atoms with van der Waals surface area (Å²) in [6.45, 7) is 0.389. The minimum Gasteiger partial charge on any atom is -0.502 e. The van der Waals surface area contributed by atoms with Crippen molar-refractivity contribution in [1.29, 1.82) is 0 Å². The molecule has 0 aliphatic heterocycles. The van der Waals surface area contributed by atoms with Gasteiger partial charge >= 0.3 is 0 Å². The van der Waals surface area contributed by atoms with Crippen LogP contribution in [0, 0.1) is 0 Å². The summed E-state index contributed by atoms with van der Waals surface area (Å²) in [6, 6.07) is 12.2. The second kappa shape index (κ2) is 7.81. The van der Waals surface area contributed by atoms with Gasteiger partial charge in [0.1, 0.15) is 0 Å². The lowest BCUT2D eigenvalue weighted by atomic mass is 10.1. The van der Waals surface area contributed by atoms with E-state index in [1.54, 1.807) is 36.4 Å². The van der Waals surface area contributed by atoms with Crippen LogP contribution in [0.3, 0.4) is 0 Å². The number of hydrogen-bond acceptors (Lipinski definition) is 3. The molecular weight excluding hydrogens is 375 g/mol. The minimum absolute atomic E-state index is 0.0149. The maximum atomic E-state index is 12.5. The van der Waals surface area contributed by atoms with Crippen molar-refractivity contribution in [2.75, 3.05) is 6.54 Å². The number of carbonyl (C=O) groups excluding carboxylic acids is 1. The van der Waals surface area contributed by atoms with Gasteiger partial charge in [0.05, 0.1) is 15.6 Å². The maximum Gasteiger partial charge on any atom is 0.291 e. The summed E-state index contributed by atoms with van der Waals surface area (Å²) in [5.74, 6) is -1.07. The molecule has 1 heterocycles. The molecule has 1 aromatic heterocycles. The largest absolute Gasteiger partial charge is 0.502 e. The summed E-state index contributed by atoms with van der Waals surface area (Å²) in [5.41, 5.74) is 0.804.